The number of hydrogen-bond acceptors (Lipinski definition) is 8. The van der Waals surface area contributed by atoms with Crippen molar-refractivity contribution in [1.29, 1.82) is 0 Å². The molecule has 0 saturated carbocycles. The summed E-state index contributed by atoms with van der Waals surface area (Å²) >= 11 is 8.07. The summed E-state index contributed by atoms with van der Waals surface area (Å²) in [5.74, 6) is 1.27. The van der Waals surface area contributed by atoms with Gasteiger partial charge in [-0.15, -0.1) is 0 Å². The monoisotopic (exact) mass is 445 g/mol. The highest BCUT2D eigenvalue weighted by molar-refractivity contribution is 7.99. The molecule has 0 aliphatic carbocycles. The van der Waals surface area contributed by atoms with Crippen molar-refractivity contribution in [1.82, 2.24) is 20.3 Å². The Morgan fingerprint density at radius 1 is 1.30 bits per heavy atom. The number of nitrogens with two attached hydrogens (primary N) is 1. The maximum Gasteiger partial charge on any atom is 0.406 e. The first-order valence-corrected chi connectivity index (χ1v) is 10.7. The average Bonchev–Trinajstić information content (AvgIpc) is 2.73. The summed E-state index contributed by atoms with van der Waals surface area (Å²) in [5.41, 5.74) is 8.87. The lowest BCUT2D eigenvalue weighted by Crippen LogP contribution is -2.24. The number of methoxy groups -OCH3 is 1. The Hall–Kier alpha value is -2.62. The average molecular weight is 446 g/mol. The number of ether oxygens (including phenoxy) is 2. The Bertz CT molecular complexity index is 1110. The van der Waals surface area contributed by atoms with Gasteiger partial charge < -0.3 is 20.5 Å². The number of amides is 1. The van der Waals surface area contributed by atoms with Crippen molar-refractivity contribution in [3.63, 3.8) is 0 Å². The van der Waals surface area contributed by atoms with Gasteiger partial charge in [-0.05, 0) is 34.4 Å². The van der Waals surface area contributed by atoms with Crippen LogP contribution in [0.2, 0.25) is 5.02 Å². The van der Waals surface area contributed by atoms with Gasteiger partial charge in [0.05, 0.1) is 25.3 Å². The van der Waals surface area contributed by atoms with Crippen LogP contribution in [0.15, 0.2) is 29.4 Å². The van der Waals surface area contributed by atoms with Crippen LogP contribution in [0.4, 0.5) is 10.7 Å². The molecule has 8 nitrogen and oxygen atoms in total. The van der Waals surface area contributed by atoms with E-state index in [0.29, 0.717) is 41.5 Å². The van der Waals surface area contributed by atoms with Crippen molar-refractivity contribution in [3.05, 3.63) is 40.4 Å². The highest BCUT2D eigenvalue weighted by Gasteiger charge is 2.20. The number of nitrogens with zero attached hydrogens (tertiary/aromatic N) is 3. The third-order valence-electron chi connectivity index (χ3n) is 4.66. The van der Waals surface area contributed by atoms with Crippen molar-refractivity contribution in [2.45, 2.75) is 24.8 Å². The van der Waals surface area contributed by atoms with Gasteiger partial charge in [0.25, 0.3) is 0 Å². The van der Waals surface area contributed by atoms with Gasteiger partial charge >= 0.3 is 6.09 Å². The highest BCUT2D eigenvalue weighted by atomic mass is 35.5. The molecule has 30 heavy (non-hydrogen) atoms. The van der Waals surface area contributed by atoms with Gasteiger partial charge in [-0.1, -0.05) is 41.6 Å². The van der Waals surface area contributed by atoms with E-state index in [1.165, 1.54) is 18.9 Å². The standard InChI is InChI=1S/C20H20ClN5O3S/c1-28-20(27)23-6-3-7-30-19-25-17(24-18(22)26-19)16-13-5-2-4-11-9-29-10-12(15(11)13)8-14(16)21/h2,4-5,8H,3,6-7,9-10H2,1H3,(H,23,27)(H2,22,24,25,26). The number of alkyl carbamates (subject to hydrolysis) is 1. The van der Waals surface area contributed by atoms with Crippen LogP contribution >= 0.6 is 23.4 Å². The molecule has 0 bridgehead atoms. The van der Waals surface area contributed by atoms with E-state index < -0.39 is 6.09 Å². The van der Waals surface area contributed by atoms with Crippen LogP contribution in [0, 0.1) is 0 Å². The molecule has 0 atom stereocenters. The third-order valence-corrected chi connectivity index (χ3v) is 5.89. The zero-order chi connectivity index (χ0) is 21.1. The minimum Gasteiger partial charge on any atom is -0.453 e. The SMILES string of the molecule is COC(=O)NCCCSc1nc(N)nc(-c2c(Cl)cc3c4c(cccc24)COC3)n1. The predicted molar refractivity (Wildman–Crippen MR) is 116 cm³/mol. The predicted octanol–water partition coefficient (Wildman–Crippen LogP) is 3.80. The second kappa shape index (κ2) is 9.03. The second-order valence-corrected chi connectivity index (χ2v) is 8.11. The van der Waals surface area contributed by atoms with Gasteiger partial charge in [0.2, 0.25) is 5.95 Å². The minimum absolute atomic E-state index is 0.134. The molecule has 3 N–H and O–H groups in total. The van der Waals surface area contributed by atoms with E-state index in [2.05, 4.69) is 25.0 Å². The zero-order valence-corrected chi connectivity index (χ0v) is 17.8. The lowest BCUT2D eigenvalue weighted by Gasteiger charge is -2.20. The Balaban J connectivity index is 1.62. The Kier molecular flexibility index (Phi) is 6.21. The van der Waals surface area contributed by atoms with Crippen LogP contribution < -0.4 is 11.1 Å². The van der Waals surface area contributed by atoms with E-state index in [0.717, 1.165) is 33.9 Å². The number of nitrogen functional groups attached to an aromatic ring is 1. The fourth-order valence-corrected chi connectivity index (χ4v) is 4.49. The number of nitrogens with one attached hydrogen (secondary N) is 1. The summed E-state index contributed by atoms with van der Waals surface area (Å²) in [6, 6.07) is 7.95. The summed E-state index contributed by atoms with van der Waals surface area (Å²) in [5, 5.41) is 5.80. The lowest BCUT2D eigenvalue weighted by molar-refractivity contribution is 0.103. The van der Waals surface area contributed by atoms with Crippen LogP contribution in [-0.4, -0.2) is 40.5 Å². The van der Waals surface area contributed by atoms with Crippen LogP contribution in [0.3, 0.4) is 0 Å². The van der Waals surface area contributed by atoms with Crippen molar-refractivity contribution in [2.75, 3.05) is 25.1 Å². The van der Waals surface area contributed by atoms with Gasteiger partial charge in [0.15, 0.2) is 11.0 Å². The zero-order valence-electron chi connectivity index (χ0n) is 16.3. The molecule has 2 aromatic carbocycles. The lowest BCUT2D eigenvalue weighted by atomic mass is 9.94. The van der Waals surface area contributed by atoms with E-state index in [9.17, 15) is 4.79 Å². The number of aromatic nitrogens is 3. The van der Waals surface area contributed by atoms with Gasteiger partial charge in [0, 0.05) is 17.9 Å². The quantitative estimate of drug-likeness (QED) is 0.435. The van der Waals surface area contributed by atoms with Crippen LogP contribution in [-0.2, 0) is 22.7 Å². The summed E-state index contributed by atoms with van der Waals surface area (Å²) < 4.78 is 10.2. The highest BCUT2D eigenvalue weighted by Crippen LogP contribution is 2.39. The molecular weight excluding hydrogens is 426 g/mol. The number of carbonyl (C=O) groups excluding carboxylic acids is 1. The first-order chi connectivity index (χ1) is 14.6. The molecule has 0 saturated heterocycles. The molecule has 0 fully saturated rings. The van der Waals surface area contributed by atoms with Crippen molar-refractivity contribution in [2.24, 2.45) is 0 Å². The number of anilines is 1. The molecule has 10 heteroatoms. The molecule has 0 spiro atoms. The molecule has 0 radical (unpaired) electrons. The molecule has 1 aromatic heterocycles. The van der Waals surface area contributed by atoms with Gasteiger partial charge in [-0.2, -0.15) is 9.97 Å². The summed E-state index contributed by atoms with van der Waals surface area (Å²) in [6.07, 6.45) is 0.275. The van der Waals surface area contributed by atoms with Crippen molar-refractivity contribution < 1.29 is 14.3 Å². The van der Waals surface area contributed by atoms with Gasteiger partial charge in [0.1, 0.15) is 0 Å². The van der Waals surface area contributed by atoms with E-state index in [4.69, 9.17) is 22.1 Å². The summed E-state index contributed by atoms with van der Waals surface area (Å²) in [6.45, 7) is 1.58. The van der Waals surface area contributed by atoms with Gasteiger partial charge in [-0.25, -0.2) is 9.78 Å². The Labute approximate surface area is 182 Å². The molecule has 1 aliphatic heterocycles. The number of rotatable bonds is 6. The number of carbonyl (C=O) groups is 1. The maximum atomic E-state index is 11.1. The van der Waals surface area contributed by atoms with Crippen molar-refractivity contribution in [3.8, 4) is 11.4 Å². The first-order valence-electron chi connectivity index (χ1n) is 9.34. The largest absolute Gasteiger partial charge is 0.453 e. The number of thioether (sulfide) groups is 1. The number of hydrogen-bond donors (Lipinski definition) is 2. The van der Waals surface area contributed by atoms with Crippen molar-refractivity contribution >= 4 is 46.2 Å². The topological polar surface area (TPSA) is 112 Å². The van der Waals surface area contributed by atoms with Crippen LogP contribution in [0.5, 0.6) is 0 Å². The molecule has 1 aliphatic rings. The van der Waals surface area contributed by atoms with E-state index >= 15 is 0 Å². The van der Waals surface area contributed by atoms with E-state index in [1.807, 2.05) is 24.3 Å². The Morgan fingerprint density at radius 3 is 2.97 bits per heavy atom. The van der Waals surface area contributed by atoms with E-state index in [-0.39, 0.29) is 5.95 Å². The molecule has 1 amide bonds. The fraction of sp³-hybridized carbons (Fsp3) is 0.300. The number of benzene rings is 2. The molecule has 0 unspecified atom stereocenters. The molecule has 4 rings (SSSR count). The second-order valence-electron chi connectivity index (χ2n) is 6.65. The summed E-state index contributed by atoms with van der Waals surface area (Å²) in [7, 11) is 1.33. The Morgan fingerprint density at radius 2 is 2.13 bits per heavy atom. The fourth-order valence-electron chi connectivity index (χ4n) is 3.39. The molecule has 156 valence electrons. The maximum absolute atomic E-state index is 11.1. The van der Waals surface area contributed by atoms with Crippen LogP contribution in [0.25, 0.3) is 22.2 Å². The minimum atomic E-state index is -0.449. The van der Waals surface area contributed by atoms with E-state index in [1.54, 1.807) is 0 Å². The van der Waals surface area contributed by atoms with Crippen LogP contribution in [0.1, 0.15) is 17.5 Å². The number of halogens is 1. The first kappa shape index (κ1) is 20.6. The summed E-state index contributed by atoms with van der Waals surface area (Å²) in [4.78, 5) is 24.3. The molecule has 2 heterocycles. The van der Waals surface area contributed by atoms with Gasteiger partial charge in [-0.3, -0.25) is 0 Å². The smallest absolute Gasteiger partial charge is 0.406 e. The normalized spacial score (nSPS) is 12.7. The molecular formula is C20H20ClN5O3S. The third kappa shape index (κ3) is 4.28. The molecule has 3 aromatic rings.